The van der Waals surface area contributed by atoms with Crippen LogP contribution in [0.5, 0.6) is 5.75 Å². The van der Waals surface area contributed by atoms with E-state index in [9.17, 15) is 9.59 Å². The first-order valence-corrected chi connectivity index (χ1v) is 9.21. The van der Waals surface area contributed by atoms with Crippen LogP contribution >= 0.6 is 0 Å². The van der Waals surface area contributed by atoms with Crippen LogP contribution in [0.25, 0.3) is 10.9 Å². The number of aromatic amines is 1. The van der Waals surface area contributed by atoms with E-state index in [1.165, 1.54) is 0 Å². The molecule has 2 heterocycles. The van der Waals surface area contributed by atoms with Gasteiger partial charge >= 0.3 is 0 Å². The Morgan fingerprint density at radius 2 is 1.78 bits per heavy atom. The van der Waals surface area contributed by atoms with Gasteiger partial charge in [-0.3, -0.25) is 9.59 Å². The van der Waals surface area contributed by atoms with Crippen LogP contribution in [0.15, 0.2) is 54.6 Å². The first kappa shape index (κ1) is 17.3. The van der Waals surface area contributed by atoms with Crippen molar-refractivity contribution in [3.8, 4) is 5.75 Å². The van der Waals surface area contributed by atoms with E-state index >= 15 is 0 Å². The number of rotatable bonds is 4. The number of ether oxygens (including phenoxy) is 1. The molecule has 1 amide bonds. The molecule has 1 aromatic heterocycles. The normalized spacial score (nSPS) is 15.1. The Morgan fingerprint density at radius 3 is 2.48 bits per heavy atom. The summed E-state index contributed by atoms with van der Waals surface area (Å²) in [5.41, 5.74) is 2.21. The number of carbonyl (C=O) groups excluding carboxylic acids is 2. The lowest BCUT2D eigenvalue weighted by Gasteiger charge is -2.31. The fourth-order valence-corrected chi connectivity index (χ4v) is 3.70. The number of benzene rings is 2. The van der Waals surface area contributed by atoms with Gasteiger partial charge in [-0.05, 0) is 31.0 Å². The Kier molecular flexibility index (Phi) is 4.67. The maximum absolute atomic E-state index is 12.8. The summed E-state index contributed by atoms with van der Waals surface area (Å²) in [5.74, 6) is 0.906. The van der Waals surface area contributed by atoms with Gasteiger partial charge in [0, 0.05) is 41.5 Å². The zero-order chi connectivity index (χ0) is 18.8. The highest BCUT2D eigenvalue weighted by atomic mass is 16.5. The minimum absolute atomic E-state index is 0.0107. The number of hydrogen-bond acceptors (Lipinski definition) is 3. The van der Waals surface area contributed by atoms with Crippen molar-refractivity contribution < 1.29 is 14.3 Å². The molecule has 27 heavy (non-hydrogen) atoms. The van der Waals surface area contributed by atoms with E-state index in [4.69, 9.17) is 4.74 Å². The highest BCUT2D eigenvalue weighted by molar-refractivity contribution is 5.99. The zero-order valence-corrected chi connectivity index (χ0v) is 15.3. The van der Waals surface area contributed by atoms with Crippen molar-refractivity contribution >= 4 is 22.6 Å². The van der Waals surface area contributed by atoms with E-state index in [1.807, 2.05) is 59.5 Å². The van der Waals surface area contributed by atoms with E-state index in [2.05, 4.69) is 4.98 Å². The molecule has 2 aromatic carbocycles. The molecule has 0 radical (unpaired) electrons. The van der Waals surface area contributed by atoms with E-state index in [-0.39, 0.29) is 17.6 Å². The Morgan fingerprint density at radius 1 is 1.04 bits per heavy atom. The number of carbonyl (C=O) groups is 2. The molecule has 0 spiro atoms. The lowest BCUT2D eigenvalue weighted by atomic mass is 9.89. The molecule has 1 saturated heterocycles. The number of nitrogens with zero attached hydrogens (tertiary/aromatic N) is 1. The fraction of sp³-hybridized carbons (Fsp3) is 0.273. The van der Waals surface area contributed by atoms with Crippen LogP contribution in [-0.2, 0) is 0 Å². The summed E-state index contributed by atoms with van der Waals surface area (Å²) in [6.45, 7) is 1.20. The van der Waals surface area contributed by atoms with Crippen LogP contribution in [0.4, 0.5) is 0 Å². The second-order valence-electron chi connectivity index (χ2n) is 6.93. The van der Waals surface area contributed by atoms with Crippen LogP contribution in [0.1, 0.15) is 33.7 Å². The molecule has 3 aromatic rings. The number of nitrogens with one attached hydrogen (secondary N) is 1. The van der Waals surface area contributed by atoms with Crippen LogP contribution in [0.2, 0.25) is 0 Å². The number of piperidine rings is 1. The average Bonchev–Trinajstić information content (AvgIpc) is 3.16. The number of methoxy groups -OCH3 is 1. The van der Waals surface area contributed by atoms with Gasteiger partial charge in [0.15, 0.2) is 5.78 Å². The third-order valence-corrected chi connectivity index (χ3v) is 5.27. The predicted molar refractivity (Wildman–Crippen MR) is 104 cm³/mol. The number of hydrogen-bond donors (Lipinski definition) is 1. The quantitative estimate of drug-likeness (QED) is 0.716. The van der Waals surface area contributed by atoms with Crippen molar-refractivity contribution in [3.63, 3.8) is 0 Å². The Bertz CT molecular complexity index is 970. The molecule has 0 bridgehead atoms. The number of ketones is 1. The van der Waals surface area contributed by atoms with Crippen molar-refractivity contribution in [2.75, 3.05) is 20.2 Å². The molecule has 1 aliphatic heterocycles. The maximum Gasteiger partial charge on any atom is 0.270 e. The highest BCUT2D eigenvalue weighted by Gasteiger charge is 2.28. The molecule has 0 aliphatic carbocycles. The molecular weight excluding hydrogens is 340 g/mol. The first-order chi connectivity index (χ1) is 13.2. The standard InChI is InChI=1S/C22H22N2O3/c1-27-18-8-7-17-13-20(23-19(17)14-18)22(26)24-11-9-16(10-12-24)21(25)15-5-3-2-4-6-15/h2-8,13-14,16,23H,9-12H2,1H3. The third-order valence-electron chi connectivity index (χ3n) is 5.27. The van der Waals surface area contributed by atoms with Gasteiger partial charge in [-0.25, -0.2) is 0 Å². The number of Topliss-reactive ketones (excluding diaryl/α,β-unsaturated/α-hetero) is 1. The monoisotopic (exact) mass is 362 g/mol. The number of amides is 1. The van der Waals surface area contributed by atoms with Crippen molar-refractivity contribution in [3.05, 3.63) is 65.9 Å². The third kappa shape index (κ3) is 3.45. The lowest BCUT2D eigenvalue weighted by Crippen LogP contribution is -2.40. The summed E-state index contributed by atoms with van der Waals surface area (Å²) in [6, 6.07) is 17.0. The van der Waals surface area contributed by atoms with Crippen molar-refractivity contribution in [1.29, 1.82) is 0 Å². The summed E-state index contributed by atoms with van der Waals surface area (Å²) in [7, 11) is 1.62. The summed E-state index contributed by atoms with van der Waals surface area (Å²) in [4.78, 5) is 30.5. The van der Waals surface area contributed by atoms with Crippen LogP contribution in [0, 0.1) is 5.92 Å². The maximum atomic E-state index is 12.8. The van der Waals surface area contributed by atoms with Crippen LogP contribution in [-0.4, -0.2) is 41.8 Å². The number of H-pyrrole nitrogens is 1. The minimum atomic E-state index is -0.0178. The molecule has 1 aliphatic rings. The van der Waals surface area contributed by atoms with Gasteiger partial charge in [-0.2, -0.15) is 0 Å². The number of fused-ring (bicyclic) bond motifs is 1. The molecule has 5 nitrogen and oxygen atoms in total. The summed E-state index contributed by atoms with van der Waals surface area (Å²) in [5, 5.41) is 0.980. The molecule has 5 heteroatoms. The van der Waals surface area contributed by atoms with E-state index in [0.717, 1.165) is 22.2 Å². The second-order valence-corrected chi connectivity index (χ2v) is 6.93. The van der Waals surface area contributed by atoms with Gasteiger partial charge in [0.25, 0.3) is 5.91 Å². The fourth-order valence-electron chi connectivity index (χ4n) is 3.70. The molecule has 1 fully saturated rings. The van der Waals surface area contributed by atoms with E-state index < -0.39 is 0 Å². The molecule has 138 valence electrons. The SMILES string of the molecule is COc1ccc2cc(C(=O)N3CCC(C(=O)c4ccccc4)CC3)[nH]c2c1. The van der Waals surface area contributed by atoms with Gasteiger partial charge < -0.3 is 14.6 Å². The largest absolute Gasteiger partial charge is 0.497 e. The van der Waals surface area contributed by atoms with E-state index in [1.54, 1.807) is 7.11 Å². The van der Waals surface area contributed by atoms with Gasteiger partial charge in [0.05, 0.1) is 7.11 Å². The number of aromatic nitrogens is 1. The number of likely N-dealkylation sites (tertiary alicyclic amines) is 1. The topological polar surface area (TPSA) is 62.4 Å². The minimum Gasteiger partial charge on any atom is -0.497 e. The lowest BCUT2D eigenvalue weighted by molar-refractivity contribution is 0.0646. The summed E-state index contributed by atoms with van der Waals surface area (Å²) in [6.07, 6.45) is 1.40. The molecule has 0 saturated carbocycles. The average molecular weight is 362 g/mol. The predicted octanol–water partition coefficient (Wildman–Crippen LogP) is 3.91. The molecule has 0 unspecified atom stereocenters. The molecular formula is C22H22N2O3. The van der Waals surface area contributed by atoms with Crippen molar-refractivity contribution in [2.45, 2.75) is 12.8 Å². The molecule has 4 rings (SSSR count). The van der Waals surface area contributed by atoms with Crippen LogP contribution < -0.4 is 4.74 Å². The van der Waals surface area contributed by atoms with Gasteiger partial charge in [0.1, 0.15) is 11.4 Å². The van der Waals surface area contributed by atoms with Gasteiger partial charge in [-0.1, -0.05) is 30.3 Å². The Balaban J connectivity index is 1.43. The Labute approximate surface area is 157 Å². The summed E-state index contributed by atoms with van der Waals surface area (Å²) < 4.78 is 5.23. The first-order valence-electron chi connectivity index (χ1n) is 9.21. The van der Waals surface area contributed by atoms with Crippen LogP contribution in [0.3, 0.4) is 0 Å². The zero-order valence-electron chi connectivity index (χ0n) is 15.3. The van der Waals surface area contributed by atoms with Crippen molar-refractivity contribution in [2.24, 2.45) is 5.92 Å². The van der Waals surface area contributed by atoms with E-state index in [0.29, 0.717) is 31.6 Å². The van der Waals surface area contributed by atoms with Crippen molar-refractivity contribution in [1.82, 2.24) is 9.88 Å². The van der Waals surface area contributed by atoms with Gasteiger partial charge in [0.2, 0.25) is 0 Å². The second kappa shape index (κ2) is 7.27. The highest BCUT2D eigenvalue weighted by Crippen LogP contribution is 2.25. The Hall–Kier alpha value is -3.08. The molecule has 1 N–H and O–H groups in total. The summed E-state index contributed by atoms with van der Waals surface area (Å²) >= 11 is 0. The van der Waals surface area contributed by atoms with Gasteiger partial charge in [-0.15, -0.1) is 0 Å². The molecule has 0 atom stereocenters. The smallest absolute Gasteiger partial charge is 0.270 e.